The Morgan fingerprint density at radius 2 is 2.06 bits per heavy atom. The Morgan fingerprint density at radius 3 is 2.78 bits per heavy atom. The SMILES string of the molecule is COc1ccccc1C=C1CC(OC)CCC1=O. The predicted molar refractivity (Wildman–Crippen MR) is 70.6 cm³/mol. The molecule has 1 aromatic carbocycles. The number of Topliss-reactive ketones (excluding diaryl/α,β-unsaturated/α-hetero) is 1. The number of ether oxygens (including phenoxy) is 2. The largest absolute Gasteiger partial charge is 0.496 e. The van der Waals surface area contributed by atoms with Gasteiger partial charge in [-0.15, -0.1) is 0 Å². The molecule has 3 nitrogen and oxygen atoms in total. The van der Waals surface area contributed by atoms with E-state index in [0.717, 1.165) is 23.3 Å². The summed E-state index contributed by atoms with van der Waals surface area (Å²) in [7, 11) is 3.33. The third-order valence-electron chi connectivity index (χ3n) is 3.30. The molecule has 0 heterocycles. The summed E-state index contributed by atoms with van der Waals surface area (Å²) in [6.07, 6.45) is 4.15. The lowest BCUT2D eigenvalue weighted by Gasteiger charge is -2.22. The Kier molecular flexibility index (Phi) is 4.15. The number of carbonyl (C=O) groups excluding carboxylic acids is 1. The van der Waals surface area contributed by atoms with Gasteiger partial charge >= 0.3 is 0 Å². The molecule has 0 aliphatic heterocycles. The molecule has 1 atom stereocenters. The van der Waals surface area contributed by atoms with E-state index >= 15 is 0 Å². The number of methoxy groups -OCH3 is 2. The molecule has 1 aliphatic rings. The van der Waals surface area contributed by atoms with E-state index in [1.165, 1.54) is 0 Å². The molecule has 0 amide bonds. The second-order valence-electron chi connectivity index (χ2n) is 4.44. The van der Waals surface area contributed by atoms with Gasteiger partial charge in [-0.25, -0.2) is 0 Å². The maximum atomic E-state index is 11.9. The average Bonchev–Trinajstić information content (AvgIpc) is 2.42. The van der Waals surface area contributed by atoms with Crippen LogP contribution in [0.2, 0.25) is 0 Å². The van der Waals surface area contributed by atoms with E-state index in [2.05, 4.69) is 0 Å². The van der Waals surface area contributed by atoms with Gasteiger partial charge in [-0.2, -0.15) is 0 Å². The summed E-state index contributed by atoms with van der Waals surface area (Å²) < 4.78 is 10.6. The lowest BCUT2D eigenvalue weighted by Crippen LogP contribution is -2.22. The number of benzene rings is 1. The van der Waals surface area contributed by atoms with Crippen molar-refractivity contribution in [3.05, 3.63) is 35.4 Å². The first-order valence-corrected chi connectivity index (χ1v) is 6.14. The molecule has 1 unspecified atom stereocenters. The van der Waals surface area contributed by atoms with Crippen LogP contribution in [0.1, 0.15) is 24.8 Å². The summed E-state index contributed by atoms with van der Waals surface area (Å²) in [6.45, 7) is 0. The standard InChI is InChI=1S/C15H18O3/c1-17-13-7-8-14(16)12(10-13)9-11-5-3-4-6-15(11)18-2/h3-6,9,13H,7-8,10H2,1-2H3. The highest BCUT2D eigenvalue weighted by Gasteiger charge is 2.23. The normalized spacial score (nSPS) is 22.2. The molecule has 96 valence electrons. The van der Waals surface area contributed by atoms with Gasteiger partial charge in [-0.3, -0.25) is 4.79 Å². The maximum absolute atomic E-state index is 11.9. The number of hydrogen-bond acceptors (Lipinski definition) is 3. The molecule has 0 saturated heterocycles. The van der Waals surface area contributed by atoms with Crippen LogP contribution in [-0.4, -0.2) is 26.1 Å². The van der Waals surface area contributed by atoms with Crippen molar-refractivity contribution >= 4 is 11.9 Å². The van der Waals surface area contributed by atoms with Crippen LogP contribution >= 0.6 is 0 Å². The number of para-hydroxylation sites is 1. The van der Waals surface area contributed by atoms with Crippen molar-refractivity contribution in [2.75, 3.05) is 14.2 Å². The second kappa shape index (κ2) is 5.83. The lowest BCUT2D eigenvalue weighted by atomic mass is 9.90. The minimum atomic E-state index is 0.156. The molecule has 18 heavy (non-hydrogen) atoms. The summed E-state index contributed by atoms with van der Waals surface area (Å²) in [5.74, 6) is 1.01. The molecule has 2 rings (SSSR count). The van der Waals surface area contributed by atoms with Gasteiger partial charge in [0.25, 0.3) is 0 Å². The first-order valence-electron chi connectivity index (χ1n) is 6.14. The summed E-state index contributed by atoms with van der Waals surface area (Å²) in [5.41, 5.74) is 1.78. The van der Waals surface area contributed by atoms with Crippen LogP contribution in [0, 0.1) is 0 Å². The Bertz CT molecular complexity index is 463. The van der Waals surface area contributed by atoms with Crippen molar-refractivity contribution in [1.29, 1.82) is 0 Å². The zero-order valence-electron chi connectivity index (χ0n) is 10.8. The molecule has 0 N–H and O–H groups in total. The van der Waals surface area contributed by atoms with Gasteiger partial charge in [0.05, 0.1) is 13.2 Å². The molecule has 0 radical (unpaired) electrons. The lowest BCUT2D eigenvalue weighted by molar-refractivity contribution is -0.117. The van der Waals surface area contributed by atoms with Crippen LogP contribution in [0.15, 0.2) is 29.8 Å². The van der Waals surface area contributed by atoms with Crippen LogP contribution in [0.25, 0.3) is 6.08 Å². The zero-order chi connectivity index (χ0) is 13.0. The van der Waals surface area contributed by atoms with Gasteiger partial charge in [-0.05, 0) is 24.1 Å². The molecular formula is C15H18O3. The topological polar surface area (TPSA) is 35.5 Å². The summed E-state index contributed by atoms with van der Waals surface area (Å²) in [6, 6.07) is 7.71. The van der Waals surface area contributed by atoms with Crippen molar-refractivity contribution in [2.45, 2.75) is 25.4 Å². The average molecular weight is 246 g/mol. The van der Waals surface area contributed by atoms with Gasteiger partial charge in [0.1, 0.15) is 5.75 Å². The fourth-order valence-electron chi connectivity index (χ4n) is 2.23. The third kappa shape index (κ3) is 2.79. The van der Waals surface area contributed by atoms with E-state index in [1.807, 2.05) is 30.3 Å². The molecular weight excluding hydrogens is 228 g/mol. The highest BCUT2D eigenvalue weighted by atomic mass is 16.5. The van der Waals surface area contributed by atoms with Crippen LogP contribution in [0.3, 0.4) is 0 Å². The van der Waals surface area contributed by atoms with E-state index in [-0.39, 0.29) is 11.9 Å². The molecule has 0 bridgehead atoms. The maximum Gasteiger partial charge on any atom is 0.159 e. The molecule has 0 aromatic heterocycles. The molecule has 1 aromatic rings. The van der Waals surface area contributed by atoms with Crippen molar-refractivity contribution in [3.8, 4) is 5.75 Å². The Balaban J connectivity index is 2.27. The van der Waals surface area contributed by atoms with E-state index in [9.17, 15) is 4.79 Å². The number of hydrogen-bond donors (Lipinski definition) is 0. The quantitative estimate of drug-likeness (QED) is 0.769. The first-order chi connectivity index (χ1) is 8.74. The predicted octanol–water partition coefficient (Wildman–Crippen LogP) is 2.85. The van der Waals surface area contributed by atoms with Gasteiger partial charge in [0.2, 0.25) is 0 Å². The molecule has 1 aliphatic carbocycles. The van der Waals surface area contributed by atoms with Crippen molar-refractivity contribution in [1.82, 2.24) is 0 Å². The fourth-order valence-corrected chi connectivity index (χ4v) is 2.23. The van der Waals surface area contributed by atoms with E-state index in [0.29, 0.717) is 12.8 Å². The first kappa shape index (κ1) is 12.8. The molecule has 0 spiro atoms. The smallest absolute Gasteiger partial charge is 0.159 e. The highest BCUT2D eigenvalue weighted by molar-refractivity contribution is 6.00. The summed E-state index contributed by atoms with van der Waals surface area (Å²) >= 11 is 0. The third-order valence-corrected chi connectivity index (χ3v) is 3.30. The van der Waals surface area contributed by atoms with E-state index in [4.69, 9.17) is 9.47 Å². The van der Waals surface area contributed by atoms with Crippen LogP contribution in [-0.2, 0) is 9.53 Å². The van der Waals surface area contributed by atoms with Crippen LogP contribution < -0.4 is 4.74 Å². The Hall–Kier alpha value is -1.61. The van der Waals surface area contributed by atoms with Gasteiger partial charge in [-0.1, -0.05) is 18.2 Å². The van der Waals surface area contributed by atoms with Gasteiger partial charge in [0, 0.05) is 25.5 Å². The monoisotopic (exact) mass is 246 g/mol. The van der Waals surface area contributed by atoms with Crippen LogP contribution in [0.5, 0.6) is 5.75 Å². The van der Waals surface area contributed by atoms with Crippen molar-refractivity contribution < 1.29 is 14.3 Å². The zero-order valence-corrected chi connectivity index (χ0v) is 10.8. The van der Waals surface area contributed by atoms with E-state index in [1.54, 1.807) is 14.2 Å². The number of ketones is 1. The second-order valence-corrected chi connectivity index (χ2v) is 4.44. The Labute approximate surface area is 107 Å². The Morgan fingerprint density at radius 1 is 1.28 bits per heavy atom. The molecule has 1 fully saturated rings. The highest BCUT2D eigenvalue weighted by Crippen LogP contribution is 2.27. The fraction of sp³-hybridized carbons (Fsp3) is 0.400. The van der Waals surface area contributed by atoms with Gasteiger partial charge < -0.3 is 9.47 Å². The summed E-state index contributed by atoms with van der Waals surface area (Å²) in [4.78, 5) is 11.9. The number of rotatable bonds is 3. The summed E-state index contributed by atoms with van der Waals surface area (Å²) in [5, 5.41) is 0. The van der Waals surface area contributed by atoms with Crippen LogP contribution in [0.4, 0.5) is 0 Å². The van der Waals surface area contributed by atoms with Crippen molar-refractivity contribution in [2.24, 2.45) is 0 Å². The number of carbonyl (C=O) groups is 1. The minimum absolute atomic E-state index is 0.156. The van der Waals surface area contributed by atoms with Gasteiger partial charge in [0.15, 0.2) is 5.78 Å². The molecule has 1 saturated carbocycles. The molecule has 3 heteroatoms. The minimum Gasteiger partial charge on any atom is -0.496 e. The van der Waals surface area contributed by atoms with Crippen molar-refractivity contribution in [3.63, 3.8) is 0 Å². The van der Waals surface area contributed by atoms with E-state index < -0.39 is 0 Å².